The summed E-state index contributed by atoms with van der Waals surface area (Å²) in [6.07, 6.45) is 0. The van der Waals surface area contributed by atoms with Gasteiger partial charge in [0.25, 0.3) is 5.91 Å². The van der Waals surface area contributed by atoms with Crippen LogP contribution >= 0.6 is 0 Å². The minimum Gasteiger partial charge on any atom is -0.466 e. The van der Waals surface area contributed by atoms with Gasteiger partial charge in [-0.1, -0.05) is 0 Å². The van der Waals surface area contributed by atoms with Gasteiger partial charge in [0.05, 0.1) is 17.8 Å². The van der Waals surface area contributed by atoms with Crippen LogP contribution < -0.4 is 5.32 Å². The summed E-state index contributed by atoms with van der Waals surface area (Å²) < 4.78 is 5.43. The molecule has 2 rings (SSSR count). The lowest BCUT2D eigenvalue weighted by Crippen LogP contribution is -2.39. The van der Waals surface area contributed by atoms with Crippen molar-refractivity contribution in [2.24, 2.45) is 0 Å². The molecule has 0 saturated carbocycles. The van der Waals surface area contributed by atoms with Crippen molar-refractivity contribution in [1.82, 2.24) is 15.5 Å². The molecule has 0 aliphatic heterocycles. The first-order chi connectivity index (χ1) is 9.72. The number of carbonyl (C=O) groups excluding carboxylic acids is 1. The molecule has 2 aromatic heterocycles. The summed E-state index contributed by atoms with van der Waals surface area (Å²) in [5.41, 5.74) is 1.36. The van der Waals surface area contributed by atoms with Gasteiger partial charge >= 0.3 is 0 Å². The second kappa shape index (κ2) is 5.37. The number of amides is 1. The van der Waals surface area contributed by atoms with Crippen LogP contribution in [0, 0.1) is 27.7 Å². The number of aromatic nitrogens is 2. The van der Waals surface area contributed by atoms with E-state index in [1.54, 1.807) is 33.8 Å². The third kappa shape index (κ3) is 3.00. The Morgan fingerprint density at radius 2 is 2.10 bits per heavy atom. The van der Waals surface area contributed by atoms with Crippen LogP contribution in [0.3, 0.4) is 0 Å². The van der Waals surface area contributed by atoms with Crippen molar-refractivity contribution in [3.05, 3.63) is 40.1 Å². The van der Waals surface area contributed by atoms with Gasteiger partial charge in [-0.3, -0.25) is 9.89 Å². The van der Waals surface area contributed by atoms with Gasteiger partial charge in [-0.2, -0.15) is 5.10 Å². The average Bonchev–Trinajstić information content (AvgIpc) is 2.90. The van der Waals surface area contributed by atoms with Crippen molar-refractivity contribution in [2.45, 2.75) is 40.2 Å². The third-order valence-corrected chi connectivity index (χ3v) is 3.57. The first-order valence-electron chi connectivity index (χ1n) is 6.82. The lowest BCUT2D eigenvalue weighted by Gasteiger charge is -2.23. The van der Waals surface area contributed by atoms with Gasteiger partial charge in [0, 0.05) is 11.3 Å². The number of nitrogens with one attached hydrogen (secondary N) is 2. The predicted molar refractivity (Wildman–Crippen MR) is 78.1 cm³/mol. The molecule has 0 aliphatic rings. The topological polar surface area (TPSA) is 91.1 Å². The summed E-state index contributed by atoms with van der Waals surface area (Å²) in [5.74, 6) is 1.13. The Kier molecular flexibility index (Phi) is 3.91. The summed E-state index contributed by atoms with van der Waals surface area (Å²) >= 11 is 0. The molecule has 1 unspecified atom stereocenters. The molecule has 0 aliphatic carbocycles. The molecule has 6 heteroatoms. The molecular weight excluding hydrogens is 270 g/mol. The van der Waals surface area contributed by atoms with Crippen LogP contribution in [-0.2, 0) is 5.60 Å². The molecule has 1 amide bonds. The molecule has 0 radical (unpaired) electrons. The fourth-order valence-electron chi connectivity index (χ4n) is 2.49. The highest BCUT2D eigenvalue weighted by atomic mass is 16.3. The van der Waals surface area contributed by atoms with Gasteiger partial charge < -0.3 is 14.8 Å². The Hall–Kier alpha value is -2.08. The molecule has 6 nitrogen and oxygen atoms in total. The van der Waals surface area contributed by atoms with E-state index >= 15 is 0 Å². The number of H-pyrrole nitrogens is 1. The zero-order valence-corrected chi connectivity index (χ0v) is 13.0. The van der Waals surface area contributed by atoms with E-state index in [0.29, 0.717) is 28.3 Å². The first-order valence-corrected chi connectivity index (χ1v) is 6.82. The lowest BCUT2D eigenvalue weighted by molar-refractivity contribution is 0.0513. The number of aryl methyl sites for hydroxylation is 4. The summed E-state index contributed by atoms with van der Waals surface area (Å²) in [6.45, 7) is 8.92. The van der Waals surface area contributed by atoms with Gasteiger partial charge in [-0.15, -0.1) is 0 Å². The standard InChI is InChI=1S/C15H21N3O3/c1-8-6-12(11(4)21-8)15(5,20)7-16-14(19)13-9(2)17-18-10(13)3/h6,20H,7H2,1-5H3,(H,16,19)(H,17,18). The van der Waals surface area contributed by atoms with Crippen molar-refractivity contribution in [3.8, 4) is 0 Å². The van der Waals surface area contributed by atoms with Crippen LogP contribution in [0.1, 0.15) is 45.8 Å². The molecule has 2 aromatic rings. The SMILES string of the molecule is Cc1cc(C(C)(O)CNC(=O)c2c(C)n[nH]c2C)c(C)o1. The normalized spacial score (nSPS) is 14.0. The highest BCUT2D eigenvalue weighted by molar-refractivity contribution is 5.96. The summed E-state index contributed by atoms with van der Waals surface area (Å²) in [5, 5.41) is 20.1. The van der Waals surface area contributed by atoms with Crippen LogP contribution in [0.25, 0.3) is 0 Å². The maximum atomic E-state index is 12.2. The number of aromatic amines is 1. The van der Waals surface area contributed by atoms with Crippen LogP contribution in [0.4, 0.5) is 0 Å². The Balaban J connectivity index is 2.12. The van der Waals surface area contributed by atoms with E-state index in [-0.39, 0.29) is 12.5 Å². The van der Waals surface area contributed by atoms with E-state index in [9.17, 15) is 9.90 Å². The maximum absolute atomic E-state index is 12.2. The molecule has 0 aromatic carbocycles. The zero-order valence-electron chi connectivity index (χ0n) is 13.0. The van der Waals surface area contributed by atoms with E-state index in [2.05, 4.69) is 15.5 Å². The molecule has 0 saturated heterocycles. The quantitative estimate of drug-likeness (QED) is 0.802. The molecule has 114 valence electrons. The number of rotatable bonds is 4. The zero-order chi connectivity index (χ0) is 15.8. The summed E-state index contributed by atoms with van der Waals surface area (Å²) in [7, 11) is 0. The van der Waals surface area contributed by atoms with Crippen molar-refractivity contribution in [2.75, 3.05) is 6.54 Å². The van der Waals surface area contributed by atoms with E-state index in [4.69, 9.17) is 4.42 Å². The maximum Gasteiger partial charge on any atom is 0.255 e. The van der Waals surface area contributed by atoms with Gasteiger partial charge in [0.1, 0.15) is 17.1 Å². The molecule has 0 spiro atoms. The van der Waals surface area contributed by atoms with E-state index in [1.807, 2.05) is 6.92 Å². The van der Waals surface area contributed by atoms with Gasteiger partial charge in [0.2, 0.25) is 0 Å². The lowest BCUT2D eigenvalue weighted by atomic mass is 9.96. The van der Waals surface area contributed by atoms with Crippen LogP contribution in [0.2, 0.25) is 0 Å². The third-order valence-electron chi connectivity index (χ3n) is 3.57. The van der Waals surface area contributed by atoms with Crippen molar-refractivity contribution >= 4 is 5.91 Å². The van der Waals surface area contributed by atoms with Crippen LogP contribution in [0.15, 0.2) is 10.5 Å². The first kappa shape index (κ1) is 15.3. The van der Waals surface area contributed by atoms with Gasteiger partial charge in [-0.25, -0.2) is 0 Å². The molecule has 2 heterocycles. The number of hydrogen-bond acceptors (Lipinski definition) is 4. The van der Waals surface area contributed by atoms with Crippen molar-refractivity contribution in [1.29, 1.82) is 0 Å². The highest BCUT2D eigenvalue weighted by Crippen LogP contribution is 2.26. The Labute approximate surface area is 123 Å². The monoisotopic (exact) mass is 291 g/mol. The van der Waals surface area contributed by atoms with Gasteiger partial charge in [0.15, 0.2) is 0 Å². The highest BCUT2D eigenvalue weighted by Gasteiger charge is 2.29. The molecule has 1 atom stereocenters. The van der Waals surface area contributed by atoms with Crippen molar-refractivity contribution < 1.29 is 14.3 Å². The smallest absolute Gasteiger partial charge is 0.255 e. The number of furan rings is 1. The Morgan fingerprint density at radius 3 is 2.57 bits per heavy atom. The van der Waals surface area contributed by atoms with E-state index in [0.717, 1.165) is 5.76 Å². The predicted octanol–water partition coefficient (Wildman–Crippen LogP) is 1.87. The molecule has 0 bridgehead atoms. The number of hydrogen-bond donors (Lipinski definition) is 3. The average molecular weight is 291 g/mol. The number of nitrogens with zero attached hydrogens (tertiary/aromatic N) is 1. The van der Waals surface area contributed by atoms with E-state index < -0.39 is 5.60 Å². The molecule has 3 N–H and O–H groups in total. The second-order valence-electron chi connectivity index (χ2n) is 5.59. The van der Waals surface area contributed by atoms with Crippen LogP contribution in [-0.4, -0.2) is 27.8 Å². The molecular formula is C15H21N3O3. The van der Waals surface area contributed by atoms with Crippen LogP contribution in [0.5, 0.6) is 0 Å². The summed E-state index contributed by atoms with van der Waals surface area (Å²) in [4.78, 5) is 12.2. The minimum atomic E-state index is -1.19. The molecule has 0 fully saturated rings. The van der Waals surface area contributed by atoms with Crippen molar-refractivity contribution in [3.63, 3.8) is 0 Å². The van der Waals surface area contributed by atoms with E-state index in [1.165, 1.54) is 0 Å². The fraction of sp³-hybridized carbons (Fsp3) is 0.467. The van der Waals surface area contributed by atoms with Gasteiger partial charge in [-0.05, 0) is 40.7 Å². The number of aliphatic hydroxyl groups is 1. The number of carbonyl (C=O) groups is 1. The fourth-order valence-corrected chi connectivity index (χ4v) is 2.49. The largest absolute Gasteiger partial charge is 0.466 e. The molecule has 21 heavy (non-hydrogen) atoms. The summed E-state index contributed by atoms with van der Waals surface area (Å²) in [6, 6.07) is 1.79. The second-order valence-corrected chi connectivity index (χ2v) is 5.59. The Morgan fingerprint density at radius 1 is 1.43 bits per heavy atom. The minimum absolute atomic E-state index is 0.0930. The Bertz CT molecular complexity index is 648.